The van der Waals surface area contributed by atoms with Crippen LogP contribution in [0, 0.1) is 5.92 Å². The van der Waals surface area contributed by atoms with Crippen molar-refractivity contribution in [2.75, 3.05) is 27.4 Å². The molecule has 0 aliphatic heterocycles. The zero-order valence-corrected chi connectivity index (χ0v) is 10.8. The summed E-state index contributed by atoms with van der Waals surface area (Å²) in [6.07, 6.45) is 0.617. The Bertz CT molecular complexity index is 367. The fraction of sp³-hybridized carbons (Fsp3) is 0.500. The van der Waals surface area contributed by atoms with Crippen LogP contribution in [0.4, 0.5) is 0 Å². The van der Waals surface area contributed by atoms with Crippen LogP contribution in [-0.2, 0) is 6.42 Å². The van der Waals surface area contributed by atoms with Crippen molar-refractivity contribution in [3.05, 3.63) is 22.7 Å². The van der Waals surface area contributed by atoms with Gasteiger partial charge in [0.15, 0.2) is 11.5 Å². The van der Waals surface area contributed by atoms with Crippen LogP contribution in [0.15, 0.2) is 12.1 Å². The number of hydrogen-bond donors (Lipinski definition) is 2. The van der Waals surface area contributed by atoms with E-state index < -0.39 is 0 Å². The van der Waals surface area contributed by atoms with Gasteiger partial charge in [0.2, 0.25) is 0 Å². The fourth-order valence-corrected chi connectivity index (χ4v) is 1.93. The molecule has 0 aliphatic carbocycles. The van der Waals surface area contributed by atoms with Crippen LogP contribution in [0.25, 0.3) is 0 Å². The first kappa shape index (κ1) is 14.1. The van der Waals surface area contributed by atoms with Crippen LogP contribution in [0.3, 0.4) is 0 Å². The molecule has 0 spiro atoms. The van der Waals surface area contributed by atoms with Crippen LogP contribution in [0.5, 0.6) is 11.5 Å². The van der Waals surface area contributed by atoms with Gasteiger partial charge in [-0.1, -0.05) is 17.7 Å². The largest absolute Gasteiger partial charge is 0.493 e. The highest BCUT2D eigenvalue weighted by molar-refractivity contribution is 6.33. The summed E-state index contributed by atoms with van der Waals surface area (Å²) in [5.74, 6) is 1.11. The Morgan fingerprint density at radius 3 is 2.53 bits per heavy atom. The van der Waals surface area contributed by atoms with Crippen LogP contribution in [0.1, 0.15) is 5.56 Å². The molecule has 1 aromatic rings. The first-order valence-corrected chi connectivity index (χ1v) is 5.76. The number of methoxy groups -OCH3 is 2. The van der Waals surface area contributed by atoms with E-state index >= 15 is 0 Å². The summed E-state index contributed by atoms with van der Waals surface area (Å²) >= 11 is 6.22. The minimum atomic E-state index is 0.00519. The van der Waals surface area contributed by atoms with Gasteiger partial charge in [-0.2, -0.15) is 0 Å². The molecule has 96 valence electrons. The number of benzene rings is 1. The second-order valence-electron chi connectivity index (χ2n) is 3.76. The lowest BCUT2D eigenvalue weighted by atomic mass is 10.00. The molecule has 0 heterocycles. The molecule has 0 aromatic heterocycles. The number of ether oxygens (including phenoxy) is 2. The first-order chi connectivity index (χ1) is 8.17. The van der Waals surface area contributed by atoms with Crippen molar-refractivity contribution < 1.29 is 14.6 Å². The number of hydrogen-bond acceptors (Lipinski definition) is 4. The number of aliphatic hydroxyl groups is 1. The molecule has 0 fully saturated rings. The lowest BCUT2D eigenvalue weighted by Gasteiger charge is -2.16. The monoisotopic (exact) mass is 259 g/mol. The first-order valence-electron chi connectivity index (χ1n) is 5.38. The molecule has 0 saturated carbocycles. The smallest absolute Gasteiger partial charge is 0.179 e. The molecule has 1 atom stereocenters. The molecular formula is C12H18ClNO3. The predicted molar refractivity (Wildman–Crippen MR) is 67.9 cm³/mol. The Balaban J connectivity index is 3.01. The highest BCUT2D eigenvalue weighted by atomic mass is 35.5. The fourth-order valence-electron chi connectivity index (χ4n) is 1.62. The molecule has 0 amide bonds. The molecule has 5 heteroatoms. The summed E-state index contributed by atoms with van der Waals surface area (Å²) in [6, 6.07) is 3.66. The van der Waals surface area contributed by atoms with Crippen molar-refractivity contribution in [3.63, 3.8) is 0 Å². The van der Waals surface area contributed by atoms with Gasteiger partial charge in [-0.25, -0.2) is 0 Å². The molecule has 0 saturated heterocycles. The topological polar surface area (TPSA) is 64.7 Å². The molecule has 1 rings (SSSR count). The lowest BCUT2D eigenvalue weighted by molar-refractivity contribution is 0.229. The second-order valence-corrected chi connectivity index (χ2v) is 4.14. The summed E-state index contributed by atoms with van der Waals surface area (Å²) in [5, 5.41) is 9.64. The molecule has 1 unspecified atom stereocenters. The Labute approximate surface area is 106 Å². The van der Waals surface area contributed by atoms with Crippen molar-refractivity contribution >= 4 is 11.6 Å². The van der Waals surface area contributed by atoms with E-state index in [0.717, 1.165) is 5.56 Å². The van der Waals surface area contributed by atoms with E-state index in [1.165, 1.54) is 0 Å². The van der Waals surface area contributed by atoms with Gasteiger partial charge >= 0.3 is 0 Å². The Morgan fingerprint density at radius 2 is 2.06 bits per heavy atom. The quantitative estimate of drug-likeness (QED) is 0.812. The summed E-state index contributed by atoms with van der Waals surface area (Å²) in [6.45, 7) is 0.461. The third-order valence-electron chi connectivity index (χ3n) is 2.67. The average molecular weight is 260 g/mol. The Hall–Kier alpha value is -0.970. The van der Waals surface area contributed by atoms with Crippen molar-refractivity contribution in [1.82, 2.24) is 0 Å². The van der Waals surface area contributed by atoms with E-state index in [4.69, 9.17) is 31.9 Å². The Kier molecular flexibility index (Phi) is 5.55. The summed E-state index contributed by atoms with van der Waals surface area (Å²) in [7, 11) is 3.10. The number of halogens is 1. The Morgan fingerprint density at radius 1 is 1.35 bits per heavy atom. The number of aliphatic hydroxyl groups excluding tert-OH is 1. The standard InChI is InChI=1S/C12H18ClNO3/c1-16-10-4-3-9(5-8(6-14)7-15)11(13)12(10)17-2/h3-4,8,15H,5-7,14H2,1-2H3. The highest BCUT2D eigenvalue weighted by Crippen LogP contribution is 2.37. The van der Waals surface area contributed by atoms with Gasteiger partial charge in [0.25, 0.3) is 0 Å². The third kappa shape index (κ3) is 3.25. The average Bonchev–Trinajstić information content (AvgIpc) is 2.37. The second kappa shape index (κ2) is 6.69. The van der Waals surface area contributed by atoms with Gasteiger partial charge in [0.05, 0.1) is 19.2 Å². The third-order valence-corrected chi connectivity index (χ3v) is 3.08. The normalized spacial score (nSPS) is 12.3. The molecule has 0 radical (unpaired) electrons. The predicted octanol–water partition coefficient (Wildman–Crippen LogP) is 1.47. The zero-order chi connectivity index (χ0) is 12.8. The molecule has 0 bridgehead atoms. The van der Waals surface area contributed by atoms with Gasteiger partial charge in [0.1, 0.15) is 0 Å². The maximum atomic E-state index is 9.13. The van der Waals surface area contributed by atoms with E-state index in [0.29, 0.717) is 29.5 Å². The van der Waals surface area contributed by atoms with Gasteiger partial charge in [-0.05, 0) is 30.5 Å². The van der Waals surface area contributed by atoms with E-state index in [1.54, 1.807) is 20.3 Å². The van der Waals surface area contributed by atoms with Crippen molar-refractivity contribution in [2.45, 2.75) is 6.42 Å². The van der Waals surface area contributed by atoms with Gasteiger partial charge in [-0.3, -0.25) is 0 Å². The van der Waals surface area contributed by atoms with Gasteiger partial charge in [0, 0.05) is 6.61 Å². The van der Waals surface area contributed by atoms with Gasteiger partial charge < -0.3 is 20.3 Å². The maximum absolute atomic E-state index is 9.13. The van der Waals surface area contributed by atoms with Crippen LogP contribution in [0.2, 0.25) is 5.02 Å². The summed E-state index contributed by atoms with van der Waals surface area (Å²) in [4.78, 5) is 0. The van der Waals surface area contributed by atoms with Crippen molar-refractivity contribution in [2.24, 2.45) is 11.7 Å². The van der Waals surface area contributed by atoms with E-state index in [9.17, 15) is 0 Å². The van der Waals surface area contributed by atoms with Crippen LogP contribution < -0.4 is 15.2 Å². The molecule has 1 aromatic carbocycles. The lowest BCUT2D eigenvalue weighted by Crippen LogP contribution is -2.20. The van der Waals surface area contributed by atoms with Gasteiger partial charge in [-0.15, -0.1) is 0 Å². The highest BCUT2D eigenvalue weighted by Gasteiger charge is 2.15. The number of nitrogens with two attached hydrogens (primary N) is 1. The van der Waals surface area contributed by atoms with E-state index in [2.05, 4.69) is 0 Å². The van der Waals surface area contributed by atoms with Crippen molar-refractivity contribution in [1.29, 1.82) is 0 Å². The molecule has 0 aliphatic rings. The minimum Gasteiger partial charge on any atom is -0.493 e. The molecule has 4 nitrogen and oxygen atoms in total. The maximum Gasteiger partial charge on any atom is 0.179 e. The van der Waals surface area contributed by atoms with Crippen molar-refractivity contribution in [3.8, 4) is 11.5 Å². The van der Waals surface area contributed by atoms with E-state index in [1.807, 2.05) is 6.07 Å². The molecule has 17 heavy (non-hydrogen) atoms. The zero-order valence-electron chi connectivity index (χ0n) is 10.1. The van der Waals surface area contributed by atoms with Crippen LogP contribution >= 0.6 is 11.6 Å². The molecular weight excluding hydrogens is 242 g/mol. The summed E-state index contributed by atoms with van der Waals surface area (Å²) in [5.41, 5.74) is 6.45. The summed E-state index contributed by atoms with van der Waals surface area (Å²) < 4.78 is 10.4. The van der Waals surface area contributed by atoms with E-state index in [-0.39, 0.29) is 12.5 Å². The SMILES string of the molecule is COc1ccc(CC(CN)CO)c(Cl)c1OC. The molecule has 3 N–H and O–H groups in total. The van der Waals surface area contributed by atoms with Crippen LogP contribution in [-0.4, -0.2) is 32.5 Å². The minimum absolute atomic E-state index is 0.00519. The number of rotatable bonds is 6.